The normalized spacial score (nSPS) is 27.0. The van der Waals surface area contributed by atoms with Gasteiger partial charge in [-0.15, -0.1) is 0 Å². The Bertz CT molecular complexity index is 570. The fourth-order valence-corrected chi connectivity index (χ4v) is 3.93. The van der Waals surface area contributed by atoms with Gasteiger partial charge in [-0.2, -0.15) is 0 Å². The van der Waals surface area contributed by atoms with Crippen molar-refractivity contribution in [3.8, 4) is 5.75 Å². The zero-order valence-electron chi connectivity index (χ0n) is 13.9. The molecule has 0 N–H and O–H groups in total. The summed E-state index contributed by atoms with van der Waals surface area (Å²) in [4.78, 5) is 14.0. The number of ether oxygens (including phenoxy) is 2. The van der Waals surface area contributed by atoms with Crippen molar-refractivity contribution in [3.63, 3.8) is 0 Å². The molecule has 1 unspecified atom stereocenters. The smallest absolute Gasteiger partial charge is 0.410 e. The number of carbonyl (C=O) groups excluding carboxylic acids is 1. The molecule has 1 aromatic rings. The predicted molar refractivity (Wildman–Crippen MR) is 92.6 cm³/mol. The number of halogens is 1. The summed E-state index contributed by atoms with van der Waals surface area (Å²) < 4.78 is 12.6. The van der Waals surface area contributed by atoms with E-state index in [4.69, 9.17) is 9.47 Å². The van der Waals surface area contributed by atoms with Gasteiger partial charge in [0.05, 0.1) is 6.10 Å². The minimum absolute atomic E-state index is 0.184. The first kappa shape index (κ1) is 16.6. The molecule has 1 heterocycles. The van der Waals surface area contributed by atoms with Gasteiger partial charge in [0.15, 0.2) is 0 Å². The minimum Gasteiger partial charge on any atom is -0.490 e. The SMILES string of the molecule is CC(C)(C)OC(=O)N1C[C@H]2CC(Oc3cccc(Br)c3)C[C@H]2C1. The van der Waals surface area contributed by atoms with Crippen molar-refractivity contribution < 1.29 is 14.3 Å². The number of benzene rings is 1. The van der Waals surface area contributed by atoms with Crippen molar-refractivity contribution in [1.29, 1.82) is 0 Å². The number of carbonyl (C=O) groups is 1. The number of hydrogen-bond donors (Lipinski definition) is 0. The molecule has 126 valence electrons. The maximum Gasteiger partial charge on any atom is 0.410 e. The third kappa shape index (κ3) is 4.19. The number of nitrogens with zero attached hydrogens (tertiary/aromatic N) is 1. The second-order valence-electron chi connectivity index (χ2n) is 7.57. The molecule has 3 rings (SSSR count). The van der Waals surface area contributed by atoms with E-state index >= 15 is 0 Å². The second-order valence-corrected chi connectivity index (χ2v) is 8.49. The number of amides is 1. The Morgan fingerprint density at radius 1 is 1.22 bits per heavy atom. The minimum atomic E-state index is -0.429. The van der Waals surface area contributed by atoms with Gasteiger partial charge in [0, 0.05) is 17.6 Å². The summed E-state index contributed by atoms with van der Waals surface area (Å²) in [5.41, 5.74) is -0.429. The van der Waals surface area contributed by atoms with Crippen molar-refractivity contribution in [1.82, 2.24) is 4.90 Å². The van der Waals surface area contributed by atoms with E-state index in [1.807, 2.05) is 49.9 Å². The van der Waals surface area contributed by atoms with Crippen LogP contribution in [0, 0.1) is 11.8 Å². The van der Waals surface area contributed by atoms with Gasteiger partial charge in [0.2, 0.25) is 0 Å². The van der Waals surface area contributed by atoms with Gasteiger partial charge in [-0.1, -0.05) is 22.0 Å². The summed E-state index contributed by atoms with van der Waals surface area (Å²) in [6, 6.07) is 7.97. The summed E-state index contributed by atoms with van der Waals surface area (Å²) in [7, 11) is 0. The van der Waals surface area contributed by atoms with Crippen LogP contribution >= 0.6 is 15.9 Å². The standard InChI is InChI=1S/C18H24BrNO3/c1-18(2,3)23-17(21)20-10-12-7-16(8-13(12)11-20)22-15-6-4-5-14(19)9-15/h4-6,9,12-13,16H,7-8,10-11H2,1-3H3/t12-,13+,16?. The van der Waals surface area contributed by atoms with E-state index in [9.17, 15) is 4.79 Å². The molecular weight excluding hydrogens is 358 g/mol. The van der Waals surface area contributed by atoms with Gasteiger partial charge in [-0.05, 0) is 63.6 Å². The predicted octanol–water partition coefficient (Wildman–Crippen LogP) is 4.47. The monoisotopic (exact) mass is 381 g/mol. The Labute approximate surface area is 146 Å². The van der Waals surface area contributed by atoms with Gasteiger partial charge in [0.1, 0.15) is 11.4 Å². The molecule has 1 amide bonds. The zero-order valence-corrected chi connectivity index (χ0v) is 15.5. The highest BCUT2D eigenvalue weighted by atomic mass is 79.9. The number of rotatable bonds is 2. The van der Waals surface area contributed by atoms with Crippen LogP contribution in [-0.2, 0) is 4.74 Å². The molecule has 0 aromatic heterocycles. The van der Waals surface area contributed by atoms with E-state index in [2.05, 4.69) is 15.9 Å². The average Bonchev–Trinajstić information content (AvgIpc) is 2.94. The molecule has 1 aliphatic carbocycles. The highest BCUT2D eigenvalue weighted by Crippen LogP contribution is 2.40. The first-order valence-electron chi connectivity index (χ1n) is 8.20. The highest BCUT2D eigenvalue weighted by Gasteiger charge is 2.44. The summed E-state index contributed by atoms with van der Waals surface area (Å²) in [5.74, 6) is 1.97. The van der Waals surface area contributed by atoms with E-state index < -0.39 is 5.60 Å². The van der Waals surface area contributed by atoms with E-state index in [1.165, 1.54) is 0 Å². The summed E-state index contributed by atoms with van der Waals surface area (Å²) in [6.45, 7) is 7.30. The van der Waals surface area contributed by atoms with Crippen LogP contribution in [0.25, 0.3) is 0 Å². The largest absolute Gasteiger partial charge is 0.490 e. The second kappa shape index (κ2) is 6.34. The molecule has 4 nitrogen and oxygen atoms in total. The number of likely N-dealkylation sites (tertiary alicyclic amines) is 1. The van der Waals surface area contributed by atoms with Crippen molar-refractivity contribution >= 4 is 22.0 Å². The third-order valence-corrected chi connectivity index (χ3v) is 4.95. The first-order valence-corrected chi connectivity index (χ1v) is 8.99. The molecule has 5 heteroatoms. The molecule has 0 bridgehead atoms. The molecule has 1 saturated heterocycles. The molecule has 1 saturated carbocycles. The molecule has 0 spiro atoms. The Hall–Kier alpha value is -1.23. The maximum absolute atomic E-state index is 12.2. The lowest BCUT2D eigenvalue weighted by Gasteiger charge is -2.25. The molecule has 23 heavy (non-hydrogen) atoms. The van der Waals surface area contributed by atoms with E-state index in [-0.39, 0.29) is 12.2 Å². The Morgan fingerprint density at radius 2 is 1.87 bits per heavy atom. The molecule has 2 aliphatic rings. The summed E-state index contributed by atoms with van der Waals surface area (Å²) in [5, 5.41) is 0. The molecule has 1 aromatic carbocycles. The van der Waals surface area contributed by atoms with E-state index in [0.29, 0.717) is 11.8 Å². The van der Waals surface area contributed by atoms with Crippen LogP contribution in [0.5, 0.6) is 5.75 Å². The van der Waals surface area contributed by atoms with Crippen LogP contribution in [-0.4, -0.2) is 35.8 Å². The van der Waals surface area contributed by atoms with Crippen molar-refractivity contribution in [3.05, 3.63) is 28.7 Å². The first-order chi connectivity index (χ1) is 10.8. The van der Waals surface area contributed by atoms with Crippen LogP contribution in [0.2, 0.25) is 0 Å². The summed E-state index contributed by atoms with van der Waals surface area (Å²) in [6.07, 6.45) is 2.09. The third-order valence-electron chi connectivity index (χ3n) is 4.46. The van der Waals surface area contributed by atoms with Gasteiger partial charge in [0.25, 0.3) is 0 Å². The van der Waals surface area contributed by atoms with Crippen LogP contribution in [0.1, 0.15) is 33.6 Å². The van der Waals surface area contributed by atoms with Gasteiger partial charge < -0.3 is 14.4 Å². The fraction of sp³-hybridized carbons (Fsp3) is 0.611. The molecule has 2 fully saturated rings. The Balaban J connectivity index is 1.52. The van der Waals surface area contributed by atoms with E-state index in [0.717, 1.165) is 36.2 Å². The Kier molecular flexibility index (Phi) is 4.59. The van der Waals surface area contributed by atoms with E-state index in [1.54, 1.807) is 0 Å². The molecule has 3 atom stereocenters. The van der Waals surface area contributed by atoms with Crippen LogP contribution in [0.3, 0.4) is 0 Å². The molecule has 1 aliphatic heterocycles. The van der Waals surface area contributed by atoms with Gasteiger partial charge in [-0.3, -0.25) is 0 Å². The van der Waals surface area contributed by atoms with Crippen LogP contribution < -0.4 is 4.74 Å². The lowest BCUT2D eigenvalue weighted by Crippen LogP contribution is -2.36. The number of fused-ring (bicyclic) bond motifs is 1. The lowest BCUT2D eigenvalue weighted by atomic mass is 10.0. The number of hydrogen-bond acceptors (Lipinski definition) is 3. The fourth-order valence-electron chi connectivity index (χ4n) is 3.55. The Morgan fingerprint density at radius 3 is 2.43 bits per heavy atom. The average molecular weight is 382 g/mol. The topological polar surface area (TPSA) is 38.8 Å². The molecule has 0 radical (unpaired) electrons. The quantitative estimate of drug-likeness (QED) is 0.758. The van der Waals surface area contributed by atoms with Gasteiger partial charge >= 0.3 is 6.09 Å². The van der Waals surface area contributed by atoms with Crippen molar-refractivity contribution in [2.24, 2.45) is 11.8 Å². The summed E-state index contributed by atoms with van der Waals surface area (Å²) >= 11 is 3.47. The lowest BCUT2D eigenvalue weighted by molar-refractivity contribution is 0.0272. The maximum atomic E-state index is 12.2. The van der Waals surface area contributed by atoms with Crippen LogP contribution in [0.15, 0.2) is 28.7 Å². The van der Waals surface area contributed by atoms with Crippen LogP contribution in [0.4, 0.5) is 4.79 Å². The van der Waals surface area contributed by atoms with Crippen molar-refractivity contribution in [2.45, 2.75) is 45.3 Å². The highest BCUT2D eigenvalue weighted by molar-refractivity contribution is 9.10. The zero-order chi connectivity index (χ0) is 16.6. The van der Waals surface area contributed by atoms with Crippen molar-refractivity contribution in [2.75, 3.05) is 13.1 Å². The van der Waals surface area contributed by atoms with Gasteiger partial charge in [-0.25, -0.2) is 4.79 Å². The molecular formula is C18H24BrNO3.